The Labute approximate surface area is 155 Å². The van der Waals surface area contributed by atoms with Crippen LogP contribution in [0.15, 0.2) is 42.5 Å². The number of nitrogens with zero attached hydrogens (tertiary/aromatic N) is 1. The fourth-order valence-corrected chi connectivity index (χ4v) is 2.84. The maximum Gasteiger partial charge on any atom is 0.265 e. The summed E-state index contributed by atoms with van der Waals surface area (Å²) in [5.74, 6) is -0.117. The van der Waals surface area contributed by atoms with E-state index >= 15 is 0 Å². The molecule has 0 unspecified atom stereocenters. The monoisotopic (exact) mass is 372 g/mol. The lowest BCUT2D eigenvalue weighted by atomic mass is 10.1. The summed E-state index contributed by atoms with van der Waals surface area (Å²) < 4.78 is 5.40. The Hall–Kier alpha value is -2.86. The fourth-order valence-electron chi connectivity index (χ4n) is 2.65. The van der Waals surface area contributed by atoms with Gasteiger partial charge in [0.1, 0.15) is 5.75 Å². The van der Waals surface area contributed by atoms with Gasteiger partial charge in [-0.15, -0.1) is 0 Å². The molecule has 0 aliphatic carbocycles. The number of carbonyl (C=O) groups excluding carboxylic acids is 3. The first-order valence-electron chi connectivity index (χ1n) is 8.08. The molecule has 2 amide bonds. The van der Waals surface area contributed by atoms with Crippen molar-refractivity contribution in [2.24, 2.45) is 0 Å². The Morgan fingerprint density at radius 1 is 1.23 bits per heavy atom. The minimum Gasteiger partial charge on any atom is -0.482 e. The molecule has 26 heavy (non-hydrogen) atoms. The van der Waals surface area contributed by atoms with Crippen molar-refractivity contribution < 1.29 is 19.1 Å². The van der Waals surface area contributed by atoms with Crippen molar-refractivity contribution in [3.8, 4) is 5.75 Å². The maximum absolute atomic E-state index is 12.2. The van der Waals surface area contributed by atoms with Crippen LogP contribution in [0.25, 0.3) is 0 Å². The number of hydrogen-bond donors (Lipinski definition) is 1. The van der Waals surface area contributed by atoms with Crippen LogP contribution in [-0.2, 0) is 9.59 Å². The number of hydrogen-bond acceptors (Lipinski definition) is 4. The highest BCUT2D eigenvalue weighted by atomic mass is 35.5. The molecule has 3 rings (SSSR count). The van der Waals surface area contributed by atoms with Crippen molar-refractivity contribution >= 4 is 40.6 Å². The van der Waals surface area contributed by atoms with Crippen molar-refractivity contribution in [2.75, 3.05) is 23.4 Å². The molecule has 6 nitrogen and oxygen atoms in total. The fraction of sp³-hybridized carbons (Fsp3) is 0.211. The molecule has 1 N–H and O–H groups in total. The summed E-state index contributed by atoms with van der Waals surface area (Å²) in [4.78, 5) is 37.5. The van der Waals surface area contributed by atoms with Crippen molar-refractivity contribution in [1.82, 2.24) is 0 Å². The van der Waals surface area contributed by atoms with E-state index in [4.69, 9.17) is 16.3 Å². The Balaban J connectivity index is 1.73. The van der Waals surface area contributed by atoms with E-state index in [-0.39, 0.29) is 37.2 Å². The van der Waals surface area contributed by atoms with Gasteiger partial charge in [-0.1, -0.05) is 23.7 Å². The van der Waals surface area contributed by atoms with Crippen LogP contribution in [0, 0.1) is 0 Å². The van der Waals surface area contributed by atoms with E-state index in [9.17, 15) is 14.4 Å². The van der Waals surface area contributed by atoms with Gasteiger partial charge in [-0.3, -0.25) is 14.4 Å². The molecule has 0 saturated heterocycles. The van der Waals surface area contributed by atoms with Gasteiger partial charge in [0.2, 0.25) is 5.91 Å². The average molecular weight is 373 g/mol. The minimum atomic E-state index is -0.262. The molecular formula is C19H17ClN2O4. The Bertz CT molecular complexity index is 882. The second-order valence-corrected chi connectivity index (χ2v) is 6.26. The molecule has 0 radical (unpaired) electrons. The van der Waals surface area contributed by atoms with Crippen molar-refractivity contribution in [1.29, 1.82) is 0 Å². The van der Waals surface area contributed by atoms with Gasteiger partial charge in [-0.05, 0) is 37.3 Å². The van der Waals surface area contributed by atoms with Crippen LogP contribution in [0.1, 0.15) is 23.7 Å². The van der Waals surface area contributed by atoms with E-state index in [1.807, 2.05) is 0 Å². The third-order valence-electron chi connectivity index (χ3n) is 4.02. The van der Waals surface area contributed by atoms with E-state index in [1.165, 1.54) is 11.8 Å². The third kappa shape index (κ3) is 3.86. The van der Waals surface area contributed by atoms with Crippen LogP contribution in [0.3, 0.4) is 0 Å². The van der Waals surface area contributed by atoms with Crippen LogP contribution in [0.2, 0.25) is 5.02 Å². The SMILES string of the molecule is CC(=O)c1ccc2c(c1)N(CCC(=O)Nc1ccccc1Cl)C(=O)CO2. The molecule has 134 valence electrons. The number of ketones is 1. The standard InChI is InChI=1S/C19H17ClN2O4/c1-12(23)13-6-7-17-16(10-13)22(19(25)11-26-17)9-8-18(24)21-15-5-3-2-4-14(15)20/h2-7,10H,8-9,11H2,1H3,(H,21,24). The Morgan fingerprint density at radius 2 is 2.00 bits per heavy atom. The maximum atomic E-state index is 12.2. The molecule has 2 aromatic carbocycles. The average Bonchev–Trinajstić information content (AvgIpc) is 2.62. The van der Waals surface area contributed by atoms with E-state index in [2.05, 4.69) is 5.32 Å². The van der Waals surface area contributed by atoms with Crippen molar-refractivity contribution in [3.05, 3.63) is 53.1 Å². The number of halogens is 1. The van der Waals surface area contributed by atoms with Gasteiger partial charge < -0.3 is 15.0 Å². The molecule has 1 aliphatic rings. The Kier molecular flexibility index (Phi) is 5.23. The predicted octanol–water partition coefficient (Wildman–Crippen LogP) is 3.30. The third-order valence-corrected chi connectivity index (χ3v) is 4.35. The smallest absolute Gasteiger partial charge is 0.265 e. The molecule has 0 saturated carbocycles. The number of nitrogens with one attached hydrogen (secondary N) is 1. The Morgan fingerprint density at radius 3 is 2.73 bits per heavy atom. The molecule has 0 bridgehead atoms. The predicted molar refractivity (Wildman–Crippen MR) is 99.0 cm³/mol. The zero-order valence-corrected chi connectivity index (χ0v) is 14.9. The summed E-state index contributed by atoms with van der Waals surface area (Å²) in [6.07, 6.45) is 0.0840. The summed E-state index contributed by atoms with van der Waals surface area (Å²) in [5.41, 5.74) is 1.50. The van der Waals surface area contributed by atoms with Gasteiger partial charge in [-0.25, -0.2) is 0 Å². The number of fused-ring (bicyclic) bond motifs is 1. The first-order chi connectivity index (χ1) is 12.5. The normalized spacial score (nSPS) is 13.0. The quantitative estimate of drug-likeness (QED) is 0.817. The number of amides is 2. The lowest BCUT2D eigenvalue weighted by Crippen LogP contribution is -2.40. The molecular weight excluding hydrogens is 356 g/mol. The molecule has 0 spiro atoms. The second-order valence-electron chi connectivity index (χ2n) is 5.85. The van der Waals surface area contributed by atoms with Crippen LogP contribution in [0.4, 0.5) is 11.4 Å². The number of anilines is 2. The van der Waals surface area contributed by atoms with Gasteiger partial charge in [0.25, 0.3) is 5.91 Å². The molecule has 0 fully saturated rings. The number of ether oxygens (including phenoxy) is 1. The lowest BCUT2D eigenvalue weighted by Gasteiger charge is -2.29. The van der Waals surface area contributed by atoms with Crippen LogP contribution in [0.5, 0.6) is 5.75 Å². The lowest BCUT2D eigenvalue weighted by molar-refractivity contribution is -0.121. The molecule has 1 aliphatic heterocycles. The largest absolute Gasteiger partial charge is 0.482 e. The van der Waals surface area contributed by atoms with Crippen LogP contribution < -0.4 is 15.0 Å². The first kappa shape index (κ1) is 17.9. The minimum absolute atomic E-state index is 0.0840. The van der Waals surface area contributed by atoms with E-state index in [0.717, 1.165) is 0 Å². The summed E-state index contributed by atoms with van der Waals surface area (Å²) in [5, 5.41) is 3.17. The summed E-state index contributed by atoms with van der Waals surface area (Å²) in [6, 6.07) is 11.9. The van der Waals surface area contributed by atoms with Gasteiger partial charge in [0, 0.05) is 18.5 Å². The van der Waals surface area contributed by atoms with E-state index in [0.29, 0.717) is 27.7 Å². The summed E-state index contributed by atoms with van der Waals surface area (Å²) in [6.45, 7) is 1.53. The zero-order valence-electron chi connectivity index (χ0n) is 14.1. The number of para-hydroxylation sites is 1. The molecule has 1 heterocycles. The van der Waals surface area contributed by atoms with Gasteiger partial charge >= 0.3 is 0 Å². The van der Waals surface area contributed by atoms with E-state index < -0.39 is 0 Å². The van der Waals surface area contributed by atoms with Gasteiger partial charge in [0.05, 0.1) is 16.4 Å². The molecule has 7 heteroatoms. The van der Waals surface area contributed by atoms with E-state index in [1.54, 1.807) is 42.5 Å². The highest BCUT2D eigenvalue weighted by Gasteiger charge is 2.26. The highest BCUT2D eigenvalue weighted by molar-refractivity contribution is 6.33. The number of rotatable bonds is 5. The van der Waals surface area contributed by atoms with Crippen molar-refractivity contribution in [3.63, 3.8) is 0 Å². The highest BCUT2D eigenvalue weighted by Crippen LogP contribution is 2.33. The number of carbonyl (C=O) groups is 3. The number of Topliss-reactive ketones (excluding diaryl/α,β-unsaturated/α-hetero) is 1. The van der Waals surface area contributed by atoms with Gasteiger partial charge in [0.15, 0.2) is 12.4 Å². The topological polar surface area (TPSA) is 75.7 Å². The number of benzene rings is 2. The van der Waals surface area contributed by atoms with Gasteiger partial charge in [-0.2, -0.15) is 0 Å². The van der Waals surface area contributed by atoms with Crippen molar-refractivity contribution in [2.45, 2.75) is 13.3 Å². The van der Waals surface area contributed by atoms with Crippen LogP contribution in [-0.4, -0.2) is 30.7 Å². The summed E-state index contributed by atoms with van der Waals surface area (Å²) in [7, 11) is 0. The summed E-state index contributed by atoms with van der Waals surface area (Å²) >= 11 is 6.03. The zero-order chi connectivity index (χ0) is 18.7. The molecule has 2 aromatic rings. The van der Waals surface area contributed by atoms with Crippen LogP contribution >= 0.6 is 11.6 Å². The molecule has 0 aromatic heterocycles. The first-order valence-corrected chi connectivity index (χ1v) is 8.46. The molecule has 0 atom stereocenters. The second kappa shape index (κ2) is 7.58.